The summed E-state index contributed by atoms with van der Waals surface area (Å²) in [6.45, 7) is 1.84. The second-order valence-electron chi connectivity index (χ2n) is 8.27. The summed E-state index contributed by atoms with van der Waals surface area (Å²) in [4.78, 5) is 34.3. The molecule has 0 spiro atoms. The predicted molar refractivity (Wildman–Crippen MR) is 127 cm³/mol. The zero-order chi connectivity index (χ0) is 24.1. The lowest BCUT2D eigenvalue weighted by Crippen LogP contribution is -2.15. The van der Waals surface area contributed by atoms with Crippen molar-refractivity contribution in [1.29, 1.82) is 0 Å². The van der Waals surface area contributed by atoms with Crippen molar-refractivity contribution in [2.24, 2.45) is 0 Å². The van der Waals surface area contributed by atoms with Crippen LogP contribution in [-0.2, 0) is 17.8 Å². The Labute approximate surface area is 196 Å². The molecule has 0 aliphatic rings. The van der Waals surface area contributed by atoms with Gasteiger partial charge in [-0.25, -0.2) is 14.8 Å². The van der Waals surface area contributed by atoms with Crippen LogP contribution in [-0.4, -0.2) is 57.8 Å². The fraction of sp³-hybridized carbons (Fsp3) is 0.280. The van der Waals surface area contributed by atoms with E-state index in [-0.39, 0.29) is 6.42 Å². The van der Waals surface area contributed by atoms with Crippen LogP contribution in [0.5, 0.6) is 5.75 Å². The Morgan fingerprint density at radius 2 is 1.91 bits per heavy atom. The van der Waals surface area contributed by atoms with Crippen molar-refractivity contribution in [3.8, 4) is 17.1 Å². The standard InChI is InChI=1S/C25H26N4O5/c1-28(2)9-4-10-33-20-14-26-24(27-15-20)19-6-3-5-18(11-19)16-29-21-8-7-17(13-23(30)31)12-22(21)34-25(29)32/h3,5-8,11-12,14-15H,4,9-10,13,16H2,1-2H3,(H,30,31). The van der Waals surface area contributed by atoms with Crippen LogP contribution in [0.4, 0.5) is 0 Å². The first-order valence-corrected chi connectivity index (χ1v) is 10.9. The molecule has 4 rings (SSSR count). The normalized spacial score (nSPS) is 11.3. The molecule has 9 heteroatoms. The third kappa shape index (κ3) is 5.68. The largest absolute Gasteiger partial charge is 0.490 e. The van der Waals surface area contributed by atoms with Gasteiger partial charge in [0.05, 0.1) is 37.5 Å². The van der Waals surface area contributed by atoms with Crippen LogP contribution in [0.2, 0.25) is 0 Å². The third-order valence-electron chi connectivity index (χ3n) is 5.26. The number of benzene rings is 2. The highest BCUT2D eigenvalue weighted by atomic mass is 16.5. The molecule has 2 heterocycles. The summed E-state index contributed by atoms with van der Waals surface area (Å²) in [6, 6.07) is 12.6. The molecule has 4 aromatic rings. The molecule has 0 unspecified atom stereocenters. The van der Waals surface area contributed by atoms with E-state index in [1.165, 1.54) is 4.57 Å². The number of carboxylic acids is 1. The van der Waals surface area contributed by atoms with Crippen LogP contribution in [0.25, 0.3) is 22.5 Å². The number of fused-ring (bicyclic) bond motifs is 1. The summed E-state index contributed by atoms with van der Waals surface area (Å²) in [6.07, 6.45) is 4.10. The first-order valence-electron chi connectivity index (χ1n) is 10.9. The number of aromatic nitrogens is 3. The van der Waals surface area contributed by atoms with E-state index >= 15 is 0 Å². The number of hydrogen-bond donors (Lipinski definition) is 1. The van der Waals surface area contributed by atoms with Gasteiger partial charge in [-0.05, 0) is 49.8 Å². The average Bonchev–Trinajstić information content (AvgIpc) is 3.11. The first-order chi connectivity index (χ1) is 16.4. The molecule has 0 saturated heterocycles. The molecule has 0 aliphatic heterocycles. The summed E-state index contributed by atoms with van der Waals surface area (Å²) in [5, 5.41) is 8.98. The van der Waals surface area contributed by atoms with Crippen molar-refractivity contribution in [1.82, 2.24) is 19.4 Å². The number of nitrogens with zero attached hydrogens (tertiary/aromatic N) is 4. The summed E-state index contributed by atoms with van der Waals surface area (Å²) in [5.41, 5.74) is 3.25. The lowest BCUT2D eigenvalue weighted by Gasteiger charge is -2.10. The molecule has 176 valence electrons. The van der Waals surface area contributed by atoms with Gasteiger partial charge in [0.15, 0.2) is 17.2 Å². The predicted octanol–water partition coefficient (Wildman–Crippen LogP) is 3.06. The molecule has 0 radical (unpaired) electrons. The second kappa shape index (κ2) is 10.3. The van der Waals surface area contributed by atoms with E-state index in [1.807, 2.05) is 38.4 Å². The number of carbonyl (C=O) groups is 1. The smallest absolute Gasteiger partial charge is 0.420 e. The Bertz CT molecular complexity index is 1340. The number of rotatable bonds is 10. The maximum absolute atomic E-state index is 12.5. The van der Waals surface area contributed by atoms with Crippen LogP contribution in [0.15, 0.2) is 64.1 Å². The molecule has 0 saturated carbocycles. The zero-order valence-electron chi connectivity index (χ0n) is 19.1. The SMILES string of the molecule is CN(C)CCCOc1cnc(-c2cccc(Cn3c(=O)oc4cc(CC(=O)O)ccc43)c2)nc1. The number of oxazole rings is 1. The molecule has 2 aromatic heterocycles. The highest BCUT2D eigenvalue weighted by molar-refractivity contribution is 5.77. The molecular weight excluding hydrogens is 436 g/mol. The van der Waals surface area contributed by atoms with Crippen LogP contribution in [0.3, 0.4) is 0 Å². The molecule has 2 aromatic carbocycles. The van der Waals surface area contributed by atoms with Gasteiger partial charge in [0.25, 0.3) is 0 Å². The number of carboxylic acid groups (broad SMARTS) is 1. The van der Waals surface area contributed by atoms with Crippen molar-refractivity contribution < 1.29 is 19.1 Å². The van der Waals surface area contributed by atoms with Crippen molar-refractivity contribution in [2.45, 2.75) is 19.4 Å². The molecule has 0 fully saturated rings. The molecule has 34 heavy (non-hydrogen) atoms. The van der Waals surface area contributed by atoms with E-state index in [0.29, 0.717) is 41.4 Å². The Morgan fingerprint density at radius 3 is 2.65 bits per heavy atom. The third-order valence-corrected chi connectivity index (χ3v) is 5.26. The van der Waals surface area contributed by atoms with Gasteiger partial charge in [-0.1, -0.05) is 24.3 Å². The van der Waals surface area contributed by atoms with Crippen LogP contribution < -0.4 is 10.5 Å². The zero-order valence-corrected chi connectivity index (χ0v) is 19.1. The van der Waals surface area contributed by atoms with Gasteiger partial charge < -0.3 is 19.2 Å². The lowest BCUT2D eigenvalue weighted by atomic mass is 10.1. The maximum atomic E-state index is 12.5. The Morgan fingerprint density at radius 1 is 1.12 bits per heavy atom. The fourth-order valence-corrected chi connectivity index (χ4v) is 3.65. The molecule has 0 atom stereocenters. The van der Waals surface area contributed by atoms with E-state index in [2.05, 4.69) is 14.9 Å². The van der Waals surface area contributed by atoms with Gasteiger partial charge in [-0.15, -0.1) is 0 Å². The molecule has 0 aliphatic carbocycles. The minimum atomic E-state index is -0.941. The van der Waals surface area contributed by atoms with E-state index < -0.39 is 11.7 Å². The fourth-order valence-electron chi connectivity index (χ4n) is 3.65. The lowest BCUT2D eigenvalue weighted by molar-refractivity contribution is -0.136. The summed E-state index contributed by atoms with van der Waals surface area (Å²) in [5.74, 6) is -0.258. The van der Waals surface area contributed by atoms with E-state index in [0.717, 1.165) is 24.1 Å². The second-order valence-corrected chi connectivity index (χ2v) is 8.27. The van der Waals surface area contributed by atoms with E-state index in [9.17, 15) is 9.59 Å². The maximum Gasteiger partial charge on any atom is 0.420 e. The molecule has 0 amide bonds. The van der Waals surface area contributed by atoms with Crippen molar-refractivity contribution >= 4 is 17.1 Å². The van der Waals surface area contributed by atoms with Crippen molar-refractivity contribution in [2.75, 3.05) is 27.2 Å². The number of hydrogen-bond acceptors (Lipinski definition) is 7. The molecular formula is C25H26N4O5. The van der Waals surface area contributed by atoms with Crippen LogP contribution in [0.1, 0.15) is 17.5 Å². The number of aliphatic carboxylic acids is 1. The first kappa shape index (κ1) is 23.2. The number of ether oxygens (including phenoxy) is 1. The average molecular weight is 463 g/mol. The summed E-state index contributed by atoms with van der Waals surface area (Å²) in [7, 11) is 4.05. The highest BCUT2D eigenvalue weighted by Crippen LogP contribution is 2.21. The minimum Gasteiger partial charge on any atom is -0.490 e. The van der Waals surface area contributed by atoms with Crippen molar-refractivity contribution in [3.63, 3.8) is 0 Å². The summed E-state index contributed by atoms with van der Waals surface area (Å²) >= 11 is 0. The summed E-state index contributed by atoms with van der Waals surface area (Å²) < 4.78 is 12.6. The van der Waals surface area contributed by atoms with Gasteiger partial charge in [-0.3, -0.25) is 9.36 Å². The van der Waals surface area contributed by atoms with Crippen molar-refractivity contribution in [3.05, 3.63) is 76.5 Å². The van der Waals surface area contributed by atoms with Crippen LogP contribution >= 0.6 is 0 Å². The van der Waals surface area contributed by atoms with Gasteiger partial charge in [-0.2, -0.15) is 0 Å². The Kier molecular flexibility index (Phi) is 7.03. The van der Waals surface area contributed by atoms with Gasteiger partial charge in [0.1, 0.15) is 0 Å². The topological polar surface area (TPSA) is 111 Å². The van der Waals surface area contributed by atoms with Crippen LogP contribution in [0, 0.1) is 0 Å². The highest BCUT2D eigenvalue weighted by Gasteiger charge is 2.12. The van der Waals surface area contributed by atoms with Gasteiger partial charge in [0.2, 0.25) is 0 Å². The van der Waals surface area contributed by atoms with E-state index in [1.54, 1.807) is 30.6 Å². The van der Waals surface area contributed by atoms with E-state index in [4.69, 9.17) is 14.3 Å². The van der Waals surface area contributed by atoms with Gasteiger partial charge in [0, 0.05) is 12.1 Å². The quantitative estimate of drug-likeness (QED) is 0.358. The molecule has 9 nitrogen and oxygen atoms in total. The van der Waals surface area contributed by atoms with Gasteiger partial charge >= 0.3 is 11.7 Å². The minimum absolute atomic E-state index is 0.132. The monoisotopic (exact) mass is 462 g/mol. The molecule has 1 N–H and O–H groups in total. The Hall–Kier alpha value is -3.98. The molecule has 0 bridgehead atoms. The Balaban J connectivity index is 1.49.